The van der Waals surface area contributed by atoms with E-state index >= 15 is 0 Å². The predicted molar refractivity (Wildman–Crippen MR) is 132 cm³/mol. The quantitative estimate of drug-likeness (QED) is 0.121. The second-order valence-corrected chi connectivity index (χ2v) is 11.9. The summed E-state index contributed by atoms with van der Waals surface area (Å²) in [6, 6.07) is 10.9. The van der Waals surface area contributed by atoms with Gasteiger partial charge in [0.2, 0.25) is 0 Å². The maximum Gasteiger partial charge on any atom is 0.317 e. The van der Waals surface area contributed by atoms with E-state index in [2.05, 4.69) is 41.0 Å². The van der Waals surface area contributed by atoms with Crippen LogP contribution < -0.4 is 0 Å². The SMILES string of the molecule is C.O=S(=O)(Cl)Cl.[C-]#[N+]c1ccc2[nH]c(=S)sc2c1.[C-]#[N+]c1ccc2nc(Cl)sc2c1.[Y]. The van der Waals surface area contributed by atoms with Gasteiger partial charge < -0.3 is 4.98 Å². The standard InChI is InChI=1S/C8H3ClN2S.C8H4N2S2.CH4.Cl2O2S.Y/c1-10-5-2-3-6-7(4-5)12-8(9)11-6;1-9-5-2-3-6-7(4-5)12-8(11)10-6;;1-5(2,3)4;/h2-4H;2-4H,(H,10,11);1H4;;. The van der Waals surface area contributed by atoms with Gasteiger partial charge in [0, 0.05) is 63.5 Å². The molecule has 0 aliphatic carbocycles. The molecule has 6 nitrogen and oxygen atoms in total. The minimum absolute atomic E-state index is 0. The van der Waals surface area contributed by atoms with Crippen LogP contribution in [0.3, 0.4) is 0 Å². The molecule has 1 radical (unpaired) electrons. The maximum absolute atomic E-state index is 9.16. The molecule has 2 heterocycles. The molecular formula is C17H11Cl3N4O2S4Y. The van der Waals surface area contributed by atoms with Gasteiger partial charge in [-0.25, -0.2) is 14.7 Å². The second-order valence-electron chi connectivity index (χ2n) is 4.92. The molecule has 4 rings (SSSR count). The molecule has 2 aromatic carbocycles. The molecule has 0 fully saturated rings. The zero-order chi connectivity index (χ0) is 21.6. The van der Waals surface area contributed by atoms with Gasteiger partial charge in [0.25, 0.3) is 0 Å². The number of benzene rings is 2. The smallest absolute Gasteiger partial charge is 0.317 e. The Labute approximate surface area is 231 Å². The van der Waals surface area contributed by atoms with Crippen LogP contribution in [0.25, 0.3) is 30.1 Å². The molecule has 0 saturated heterocycles. The summed E-state index contributed by atoms with van der Waals surface area (Å²) in [7, 11) is 4.81. The third kappa shape index (κ3) is 10.7. The molecule has 0 spiro atoms. The average molecular weight is 627 g/mol. The van der Waals surface area contributed by atoms with E-state index in [1.54, 1.807) is 18.2 Å². The first-order valence-corrected chi connectivity index (χ1v) is 12.7. The minimum atomic E-state index is -3.72. The summed E-state index contributed by atoms with van der Waals surface area (Å²) in [4.78, 5) is 13.8. The van der Waals surface area contributed by atoms with Crippen molar-refractivity contribution in [1.82, 2.24) is 9.97 Å². The van der Waals surface area contributed by atoms with Crippen molar-refractivity contribution in [1.29, 1.82) is 0 Å². The van der Waals surface area contributed by atoms with Crippen LogP contribution in [-0.4, -0.2) is 18.4 Å². The average Bonchev–Trinajstić information content (AvgIpc) is 3.19. The Morgan fingerprint density at radius 1 is 1.00 bits per heavy atom. The summed E-state index contributed by atoms with van der Waals surface area (Å²) in [6.45, 7) is 13.6. The van der Waals surface area contributed by atoms with E-state index in [1.807, 2.05) is 18.2 Å². The van der Waals surface area contributed by atoms with Crippen molar-refractivity contribution >= 4 is 108 Å². The molecule has 0 bridgehead atoms. The van der Waals surface area contributed by atoms with Crippen molar-refractivity contribution in [2.24, 2.45) is 0 Å². The Morgan fingerprint density at radius 3 is 2.06 bits per heavy atom. The zero-order valence-corrected chi connectivity index (χ0v) is 22.8. The molecule has 0 saturated carbocycles. The molecule has 2 aromatic heterocycles. The molecule has 31 heavy (non-hydrogen) atoms. The summed E-state index contributed by atoms with van der Waals surface area (Å²) >= 11 is 13.6. The summed E-state index contributed by atoms with van der Waals surface area (Å²) in [5, 5.41) is 0. The zero-order valence-electron chi connectivity index (χ0n) is 14.5. The number of H-pyrrole nitrogens is 1. The molecular weight excluding hydrogens is 616 g/mol. The second kappa shape index (κ2) is 13.8. The van der Waals surface area contributed by atoms with E-state index in [1.165, 1.54) is 22.7 Å². The van der Waals surface area contributed by atoms with E-state index in [9.17, 15) is 0 Å². The fraction of sp³-hybridized carbons (Fsp3) is 0.0588. The van der Waals surface area contributed by atoms with Gasteiger partial charge in [0.15, 0.2) is 19.8 Å². The minimum Gasteiger partial charge on any atom is -0.337 e. The van der Waals surface area contributed by atoms with Crippen LogP contribution in [-0.2, 0) is 41.0 Å². The van der Waals surface area contributed by atoms with Crippen molar-refractivity contribution < 1.29 is 41.1 Å². The molecule has 1 N–H and O–H groups in total. The monoisotopic (exact) mass is 625 g/mol. The Bertz CT molecular complexity index is 1410. The Balaban J connectivity index is 0.000000457. The van der Waals surface area contributed by atoms with Gasteiger partial charge in [-0.05, 0) is 36.5 Å². The number of aromatic nitrogens is 2. The van der Waals surface area contributed by atoms with Gasteiger partial charge in [0.05, 0.1) is 24.2 Å². The molecule has 0 unspecified atom stereocenters. The third-order valence-electron chi connectivity index (χ3n) is 3.01. The largest absolute Gasteiger partial charge is 0.337 e. The summed E-state index contributed by atoms with van der Waals surface area (Å²) in [5.41, 5.74) is 3.16. The normalized spacial score (nSPS) is 9.58. The Kier molecular flexibility index (Phi) is 13.5. The van der Waals surface area contributed by atoms with Crippen LogP contribution in [0, 0.1) is 17.1 Å². The third-order valence-corrected chi connectivity index (χ3v) is 5.33. The van der Waals surface area contributed by atoms with Gasteiger partial charge in [-0.3, -0.25) is 0 Å². The van der Waals surface area contributed by atoms with Gasteiger partial charge >= 0.3 is 8.26 Å². The Morgan fingerprint density at radius 2 is 1.52 bits per heavy atom. The van der Waals surface area contributed by atoms with Crippen molar-refractivity contribution in [2.75, 3.05) is 0 Å². The summed E-state index contributed by atoms with van der Waals surface area (Å²) < 4.78 is 21.6. The first-order chi connectivity index (χ1) is 13.6. The fourth-order valence-corrected chi connectivity index (χ4v) is 4.17. The van der Waals surface area contributed by atoms with Crippen LogP contribution in [0.2, 0.25) is 4.47 Å². The maximum atomic E-state index is 9.16. The number of halogens is 3. The Hall–Kier alpha value is -0.656. The van der Waals surface area contributed by atoms with Crippen LogP contribution in [0.5, 0.6) is 0 Å². The molecule has 4 aromatic rings. The number of hydrogen-bond donors (Lipinski definition) is 1. The van der Waals surface area contributed by atoms with Crippen molar-refractivity contribution in [3.05, 3.63) is 67.7 Å². The number of nitrogens with zero attached hydrogens (tertiary/aromatic N) is 3. The van der Waals surface area contributed by atoms with Gasteiger partial charge in [-0.15, -0.1) is 22.7 Å². The molecule has 0 aliphatic rings. The van der Waals surface area contributed by atoms with Crippen molar-refractivity contribution in [2.45, 2.75) is 7.43 Å². The van der Waals surface area contributed by atoms with E-state index in [-0.39, 0.29) is 40.1 Å². The fourth-order valence-electron chi connectivity index (χ4n) is 1.96. The van der Waals surface area contributed by atoms with Crippen molar-refractivity contribution in [3.63, 3.8) is 0 Å². The number of aromatic amines is 1. The van der Waals surface area contributed by atoms with Crippen molar-refractivity contribution in [3.8, 4) is 0 Å². The number of nitrogens with one attached hydrogen (secondary N) is 1. The molecule has 0 atom stereocenters. The topological polar surface area (TPSA) is 71.5 Å². The van der Waals surface area contributed by atoms with Crippen LogP contribution in [0.15, 0.2) is 36.4 Å². The van der Waals surface area contributed by atoms with E-state index in [4.69, 9.17) is 45.4 Å². The summed E-state index contributed by atoms with van der Waals surface area (Å²) in [5.74, 6) is 0. The van der Waals surface area contributed by atoms with Crippen LogP contribution in [0.1, 0.15) is 7.43 Å². The van der Waals surface area contributed by atoms with Gasteiger partial charge in [-0.2, -0.15) is 8.42 Å². The molecule has 14 heteroatoms. The molecule has 0 amide bonds. The molecule has 0 aliphatic heterocycles. The van der Waals surface area contributed by atoms with Crippen LogP contribution in [0.4, 0.5) is 11.4 Å². The van der Waals surface area contributed by atoms with Crippen LogP contribution >= 0.6 is 67.9 Å². The molecule has 159 valence electrons. The van der Waals surface area contributed by atoms with Gasteiger partial charge in [0.1, 0.15) is 0 Å². The number of rotatable bonds is 0. The van der Waals surface area contributed by atoms with Gasteiger partial charge in [-0.1, -0.05) is 31.2 Å². The number of hydrogen-bond acceptors (Lipinski definition) is 6. The number of fused-ring (bicyclic) bond motifs is 2. The number of thiazole rings is 2. The van der Waals surface area contributed by atoms with E-state index in [0.717, 1.165) is 24.4 Å². The first kappa shape index (κ1) is 30.3. The van der Waals surface area contributed by atoms with E-state index < -0.39 is 8.26 Å². The predicted octanol–water partition coefficient (Wildman–Crippen LogP) is 8.35. The summed E-state index contributed by atoms with van der Waals surface area (Å²) in [6.07, 6.45) is 0. The first-order valence-electron chi connectivity index (χ1n) is 7.17. The van der Waals surface area contributed by atoms with E-state index in [0.29, 0.717) is 15.8 Å².